The summed E-state index contributed by atoms with van der Waals surface area (Å²) in [6.07, 6.45) is 2.43. The van der Waals surface area contributed by atoms with Crippen molar-refractivity contribution in [2.24, 2.45) is 5.92 Å². The van der Waals surface area contributed by atoms with Crippen LogP contribution in [0.4, 0.5) is 0 Å². The first kappa shape index (κ1) is 15.8. The number of carbonyl (C=O) groups excluding carboxylic acids is 1. The van der Waals surface area contributed by atoms with Crippen molar-refractivity contribution in [2.45, 2.75) is 32.4 Å². The molecule has 3 aliphatic rings. The highest BCUT2D eigenvalue weighted by atomic mass is 32.1. The third kappa shape index (κ3) is 3.10. The van der Waals surface area contributed by atoms with Crippen LogP contribution in [0.5, 0.6) is 0 Å². The number of piperidine rings is 1. The van der Waals surface area contributed by atoms with Gasteiger partial charge in [-0.2, -0.15) is 0 Å². The van der Waals surface area contributed by atoms with Gasteiger partial charge in [-0.3, -0.25) is 9.69 Å². The molecule has 5 heteroatoms. The molecule has 4 heterocycles. The number of hydrogen-bond acceptors (Lipinski definition) is 4. The van der Waals surface area contributed by atoms with Crippen LogP contribution in [0.3, 0.4) is 0 Å². The summed E-state index contributed by atoms with van der Waals surface area (Å²) in [5, 5.41) is 0. The molecule has 3 aliphatic heterocycles. The minimum atomic E-state index is 0.175. The van der Waals surface area contributed by atoms with Crippen molar-refractivity contribution in [1.82, 2.24) is 14.8 Å². The van der Waals surface area contributed by atoms with Gasteiger partial charge in [-0.1, -0.05) is 30.3 Å². The molecule has 0 N–H and O–H groups in total. The minimum absolute atomic E-state index is 0.175. The molecule has 3 saturated heterocycles. The fraction of sp³-hybridized carbons (Fsp3) is 0.474. The lowest BCUT2D eigenvalue weighted by Gasteiger charge is -2.36. The average molecular weight is 341 g/mol. The Kier molecular flexibility index (Phi) is 4.37. The fourth-order valence-corrected chi connectivity index (χ4v) is 4.78. The number of aromatic nitrogens is 1. The zero-order chi connectivity index (χ0) is 16.5. The first-order valence-corrected chi connectivity index (χ1v) is 9.56. The summed E-state index contributed by atoms with van der Waals surface area (Å²) in [5.41, 5.74) is 4.00. The summed E-state index contributed by atoms with van der Waals surface area (Å²) in [6, 6.07) is 11.1. The smallest absolute Gasteiger partial charge is 0.265 e. The monoisotopic (exact) mass is 341 g/mol. The molecule has 5 rings (SSSR count). The van der Waals surface area contributed by atoms with Crippen molar-refractivity contribution in [3.05, 3.63) is 52.0 Å². The predicted octanol–water partition coefficient (Wildman–Crippen LogP) is 3.19. The van der Waals surface area contributed by atoms with E-state index in [2.05, 4.69) is 45.1 Å². The lowest BCUT2D eigenvalue weighted by molar-refractivity contribution is 0.0740. The molecule has 1 aromatic carbocycles. The molecule has 0 radical (unpaired) electrons. The molecule has 1 amide bonds. The number of hydrogen-bond donors (Lipinski definition) is 0. The molecule has 0 saturated carbocycles. The summed E-state index contributed by atoms with van der Waals surface area (Å²) in [4.78, 5) is 22.6. The molecule has 3 fully saturated rings. The van der Waals surface area contributed by atoms with Crippen molar-refractivity contribution < 1.29 is 4.79 Å². The van der Waals surface area contributed by atoms with Crippen LogP contribution in [0, 0.1) is 12.8 Å². The molecule has 0 spiro atoms. The molecule has 0 unspecified atom stereocenters. The van der Waals surface area contributed by atoms with Crippen molar-refractivity contribution in [3.8, 4) is 0 Å². The average Bonchev–Trinajstić information content (AvgIpc) is 2.82. The summed E-state index contributed by atoms with van der Waals surface area (Å²) in [5.74, 6) is 0.762. The van der Waals surface area contributed by atoms with E-state index in [9.17, 15) is 4.79 Å². The van der Waals surface area contributed by atoms with E-state index in [0.717, 1.165) is 36.8 Å². The van der Waals surface area contributed by atoms with Crippen LogP contribution in [0.2, 0.25) is 0 Å². The second kappa shape index (κ2) is 6.65. The van der Waals surface area contributed by atoms with Gasteiger partial charge in [-0.25, -0.2) is 4.98 Å². The standard InChI is InChI=1S/C19H23N3OS/c1-14-18(24-13-20-14)19(23)22-11-16-7-8-17(12-22)21(10-16)9-15-5-3-2-4-6-15/h2-6,13,16-17H,7-12H2,1H3/t16-,17-/m1/s1. The molecule has 2 atom stereocenters. The third-order valence-electron chi connectivity index (χ3n) is 5.28. The van der Waals surface area contributed by atoms with E-state index in [1.165, 1.54) is 29.7 Å². The van der Waals surface area contributed by atoms with Gasteiger partial charge >= 0.3 is 0 Å². The number of carbonyl (C=O) groups is 1. The van der Waals surface area contributed by atoms with Gasteiger partial charge in [0, 0.05) is 32.2 Å². The van der Waals surface area contributed by atoms with E-state index in [-0.39, 0.29) is 5.91 Å². The summed E-state index contributed by atoms with van der Waals surface area (Å²) < 4.78 is 0. The summed E-state index contributed by atoms with van der Waals surface area (Å²) in [6.45, 7) is 5.75. The lowest BCUT2D eigenvalue weighted by atomic mass is 9.94. The summed E-state index contributed by atoms with van der Waals surface area (Å²) in [7, 11) is 0. The number of fused-ring (bicyclic) bond motifs is 4. The van der Waals surface area contributed by atoms with E-state index in [1.807, 2.05) is 6.92 Å². The van der Waals surface area contributed by atoms with Gasteiger partial charge < -0.3 is 4.90 Å². The molecule has 1 aromatic heterocycles. The highest BCUT2D eigenvalue weighted by Crippen LogP contribution is 2.30. The summed E-state index contributed by atoms with van der Waals surface area (Å²) >= 11 is 1.47. The third-order valence-corrected chi connectivity index (χ3v) is 6.20. The number of thiazole rings is 1. The van der Waals surface area contributed by atoms with Crippen LogP contribution in [-0.4, -0.2) is 46.4 Å². The number of benzene rings is 1. The van der Waals surface area contributed by atoms with Crippen LogP contribution in [0.1, 0.15) is 33.8 Å². The minimum Gasteiger partial charge on any atom is -0.336 e. The van der Waals surface area contributed by atoms with E-state index < -0.39 is 0 Å². The van der Waals surface area contributed by atoms with Crippen LogP contribution >= 0.6 is 11.3 Å². The van der Waals surface area contributed by atoms with Crippen LogP contribution in [-0.2, 0) is 6.54 Å². The Morgan fingerprint density at radius 1 is 1.21 bits per heavy atom. The maximum atomic E-state index is 12.9. The van der Waals surface area contributed by atoms with Gasteiger partial charge in [0.05, 0.1) is 11.2 Å². The molecular weight excluding hydrogens is 318 g/mol. The maximum Gasteiger partial charge on any atom is 0.265 e. The van der Waals surface area contributed by atoms with Crippen molar-refractivity contribution in [2.75, 3.05) is 19.6 Å². The Hall–Kier alpha value is -1.72. The van der Waals surface area contributed by atoms with Gasteiger partial charge in [-0.15, -0.1) is 11.3 Å². The fourth-order valence-electron chi connectivity index (χ4n) is 4.01. The molecule has 2 aromatic rings. The topological polar surface area (TPSA) is 36.4 Å². The second-order valence-electron chi connectivity index (χ2n) is 6.99. The SMILES string of the molecule is Cc1ncsc1C(=O)N1C[C@@H]2CC[C@H](C1)N(Cc1ccccc1)C2. The zero-order valence-electron chi connectivity index (χ0n) is 14.0. The Bertz CT molecular complexity index is 714. The predicted molar refractivity (Wildman–Crippen MR) is 96.1 cm³/mol. The molecule has 2 bridgehead atoms. The quantitative estimate of drug-likeness (QED) is 0.860. The van der Waals surface area contributed by atoms with Gasteiger partial charge in [0.15, 0.2) is 0 Å². The van der Waals surface area contributed by atoms with Crippen molar-refractivity contribution >= 4 is 17.2 Å². The van der Waals surface area contributed by atoms with Crippen LogP contribution in [0.25, 0.3) is 0 Å². The Labute approximate surface area is 147 Å². The number of aryl methyl sites for hydroxylation is 1. The molecule has 4 nitrogen and oxygen atoms in total. The van der Waals surface area contributed by atoms with E-state index in [0.29, 0.717) is 12.0 Å². The number of rotatable bonds is 3. The van der Waals surface area contributed by atoms with E-state index in [4.69, 9.17) is 0 Å². The first-order chi connectivity index (χ1) is 11.7. The Morgan fingerprint density at radius 3 is 2.79 bits per heavy atom. The number of nitrogens with zero attached hydrogens (tertiary/aromatic N) is 3. The van der Waals surface area contributed by atoms with Crippen molar-refractivity contribution in [3.63, 3.8) is 0 Å². The largest absolute Gasteiger partial charge is 0.336 e. The molecule has 24 heavy (non-hydrogen) atoms. The first-order valence-electron chi connectivity index (χ1n) is 8.68. The Morgan fingerprint density at radius 2 is 2.04 bits per heavy atom. The highest BCUT2D eigenvalue weighted by molar-refractivity contribution is 7.11. The van der Waals surface area contributed by atoms with Gasteiger partial charge in [0.25, 0.3) is 5.91 Å². The van der Waals surface area contributed by atoms with Gasteiger partial charge in [0.1, 0.15) is 4.88 Å². The van der Waals surface area contributed by atoms with Crippen LogP contribution < -0.4 is 0 Å². The molecule has 0 aliphatic carbocycles. The van der Waals surface area contributed by atoms with E-state index >= 15 is 0 Å². The molecule has 126 valence electrons. The highest BCUT2D eigenvalue weighted by Gasteiger charge is 2.37. The lowest BCUT2D eigenvalue weighted by Crippen LogP contribution is -2.43. The normalized spacial score (nSPS) is 24.1. The van der Waals surface area contributed by atoms with Crippen molar-refractivity contribution in [1.29, 1.82) is 0 Å². The van der Waals surface area contributed by atoms with Crippen LogP contribution in [0.15, 0.2) is 35.8 Å². The number of amides is 1. The Balaban J connectivity index is 1.50. The second-order valence-corrected chi connectivity index (χ2v) is 7.84. The van der Waals surface area contributed by atoms with E-state index in [1.54, 1.807) is 5.51 Å². The maximum absolute atomic E-state index is 12.9. The van der Waals surface area contributed by atoms with Gasteiger partial charge in [-0.05, 0) is 31.2 Å². The molecular formula is C19H23N3OS. The van der Waals surface area contributed by atoms with Gasteiger partial charge in [0.2, 0.25) is 0 Å². The zero-order valence-corrected chi connectivity index (χ0v) is 14.8.